The van der Waals surface area contributed by atoms with Gasteiger partial charge in [-0.1, -0.05) is 340 Å². The van der Waals surface area contributed by atoms with Crippen molar-refractivity contribution in [1.29, 1.82) is 0 Å². The lowest BCUT2D eigenvalue weighted by Crippen LogP contribution is -1.97. The van der Waals surface area contributed by atoms with Crippen molar-refractivity contribution in [3.63, 3.8) is 0 Å². The van der Waals surface area contributed by atoms with Gasteiger partial charge in [0.25, 0.3) is 0 Å². The first-order valence-electron chi connectivity index (χ1n) is 39.3. The summed E-state index contributed by atoms with van der Waals surface area (Å²) >= 11 is 0. The number of nitrogens with zero attached hydrogens (tertiary/aromatic N) is 8. The summed E-state index contributed by atoms with van der Waals surface area (Å²) in [4.78, 5) is 31.4. The lowest BCUT2D eigenvalue weighted by atomic mass is 9.93. The molecule has 23 aromatic rings. The fraction of sp³-hybridized carbons (Fsp3) is 0. The molecule has 0 amide bonds. The van der Waals surface area contributed by atoms with Crippen molar-refractivity contribution in [2.75, 3.05) is 0 Å². The molecule has 0 aliphatic rings. The van der Waals surface area contributed by atoms with E-state index in [2.05, 4.69) is 397 Å². The third-order valence-corrected chi connectivity index (χ3v) is 22.8. The van der Waals surface area contributed by atoms with E-state index in [9.17, 15) is 0 Å². The lowest BCUT2D eigenvalue weighted by Gasteiger charge is -2.13. The van der Waals surface area contributed by atoms with Crippen molar-refractivity contribution in [1.82, 2.24) is 39.0 Å². The largest absolute Gasteiger partial charge is 0.308 e. The number of hydrogen-bond acceptors (Lipinski definition) is 6. The highest BCUT2D eigenvalue weighted by Crippen LogP contribution is 2.46. The van der Waals surface area contributed by atoms with E-state index in [0.717, 1.165) is 145 Å². The molecule has 6 aromatic heterocycles. The molecule has 0 bridgehead atoms. The van der Waals surface area contributed by atoms with E-state index in [0.29, 0.717) is 11.6 Å². The standard InChI is InChI=1S/C57H36N4.C51H32N4/c1-3-15-41(16-4-1)57-59-51(38-29-27-37(28-30-38)49-35-42-17-7-8-20-44(42)45-21-9-10-22-46(45)49)36-52(60-57)39-31-33-40(34-32-39)55-54-48-24-12-14-26-53(48)61(43-18-5-2-6-19-43)56(54)47-23-11-13-25-50(47)58-55;1-3-14-35(15-4-1)45-32-46(38-30-25-34-24-23-33-13-7-8-18-40(33)43(34)31-38)54-51(53-45)37-28-26-36(27-29-37)49-48-42-20-10-12-22-47(42)55(39-16-5-2-6-17-39)50(48)41-19-9-11-21-44(41)52-49/h1-36H;1-32H. The highest BCUT2D eigenvalue weighted by atomic mass is 15.0. The van der Waals surface area contributed by atoms with Crippen LogP contribution in [0.1, 0.15) is 0 Å². The fourth-order valence-electron chi connectivity index (χ4n) is 17.3. The zero-order chi connectivity index (χ0) is 76.6. The van der Waals surface area contributed by atoms with Gasteiger partial charge in [-0.05, 0) is 127 Å². The second-order valence-corrected chi connectivity index (χ2v) is 29.6. The van der Waals surface area contributed by atoms with Gasteiger partial charge in [0, 0.05) is 88.2 Å². The quantitative estimate of drug-likeness (QED) is 0.120. The molecule has 116 heavy (non-hydrogen) atoms. The average molecular weight is 1480 g/mol. The number of para-hydroxylation sites is 6. The molecule has 0 saturated heterocycles. The van der Waals surface area contributed by atoms with E-state index in [1.54, 1.807) is 0 Å². The lowest BCUT2D eigenvalue weighted by molar-refractivity contribution is 1.18. The number of fused-ring (bicyclic) bond motifs is 16. The van der Waals surface area contributed by atoms with Crippen LogP contribution in [0.2, 0.25) is 0 Å². The molecule has 0 fully saturated rings. The minimum Gasteiger partial charge on any atom is -0.308 e. The third kappa shape index (κ3) is 11.8. The molecule has 8 heteroatoms. The van der Waals surface area contributed by atoms with Gasteiger partial charge in [-0.25, -0.2) is 29.9 Å². The molecule has 0 spiro atoms. The Balaban J connectivity index is 0.000000141. The fourth-order valence-corrected chi connectivity index (χ4v) is 17.3. The van der Waals surface area contributed by atoms with Gasteiger partial charge in [-0.15, -0.1) is 0 Å². The van der Waals surface area contributed by atoms with Crippen LogP contribution in [-0.4, -0.2) is 39.0 Å². The smallest absolute Gasteiger partial charge is 0.160 e. The van der Waals surface area contributed by atoms with Gasteiger partial charge in [-0.3, -0.25) is 0 Å². The Morgan fingerprint density at radius 1 is 0.181 bits per heavy atom. The number of benzene rings is 17. The summed E-state index contributed by atoms with van der Waals surface area (Å²) in [5, 5.41) is 16.8. The zero-order valence-electron chi connectivity index (χ0n) is 62.8. The molecular formula is C108H68N8. The molecule has 540 valence electrons. The molecule has 0 aliphatic heterocycles. The van der Waals surface area contributed by atoms with E-state index in [1.807, 2.05) is 24.3 Å². The molecule has 0 aliphatic carbocycles. The van der Waals surface area contributed by atoms with Gasteiger partial charge in [0.15, 0.2) is 11.6 Å². The minimum absolute atomic E-state index is 0.679. The van der Waals surface area contributed by atoms with Crippen molar-refractivity contribution < 1.29 is 0 Å². The van der Waals surface area contributed by atoms with Gasteiger partial charge < -0.3 is 9.13 Å². The molecule has 0 unspecified atom stereocenters. The summed E-state index contributed by atoms with van der Waals surface area (Å²) in [7, 11) is 0. The van der Waals surface area contributed by atoms with E-state index < -0.39 is 0 Å². The van der Waals surface area contributed by atoms with Crippen LogP contribution in [0.5, 0.6) is 0 Å². The maximum absolute atomic E-state index is 5.36. The van der Waals surface area contributed by atoms with Gasteiger partial charge in [0.2, 0.25) is 0 Å². The van der Waals surface area contributed by atoms with Crippen LogP contribution in [0, 0.1) is 0 Å². The van der Waals surface area contributed by atoms with Gasteiger partial charge >= 0.3 is 0 Å². The Bertz CT molecular complexity index is 7780. The SMILES string of the molecule is c1ccc(-c2cc(-c3ccc4ccc5ccccc5c4c3)nc(-c3ccc(-c4nc5ccccc5c5c4c4ccccc4n5-c4ccccc4)cc3)n2)cc1.c1ccc(-c2nc(-c3ccc(-c4cc5ccccc5c5ccccc45)cc3)cc(-c3ccc(-c4nc5ccccc5c5c4c4ccccc4n5-c4ccccc4)cc3)n2)cc1. The van der Waals surface area contributed by atoms with Crippen LogP contribution in [-0.2, 0) is 0 Å². The van der Waals surface area contributed by atoms with Gasteiger partial charge in [0.1, 0.15) is 0 Å². The first-order valence-corrected chi connectivity index (χ1v) is 39.3. The predicted molar refractivity (Wildman–Crippen MR) is 482 cm³/mol. The zero-order valence-corrected chi connectivity index (χ0v) is 62.8. The molecule has 6 heterocycles. The summed E-state index contributed by atoms with van der Waals surface area (Å²) in [6, 6.07) is 146. The second kappa shape index (κ2) is 28.3. The summed E-state index contributed by atoms with van der Waals surface area (Å²) in [5.41, 5.74) is 24.7. The molecule has 17 aromatic carbocycles. The van der Waals surface area contributed by atoms with Crippen molar-refractivity contribution in [2.24, 2.45) is 0 Å². The minimum atomic E-state index is 0.679. The highest BCUT2D eigenvalue weighted by molar-refractivity contribution is 6.24. The predicted octanol–water partition coefficient (Wildman–Crippen LogP) is 27.9. The average Bonchev–Trinajstić information content (AvgIpc) is 1.56. The third-order valence-electron chi connectivity index (χ3n) is 22.8. The number of rotatable bonds is 11. The Morgan fingerprint density at radius 2 is 0.509 bits per heavy atom. The van der Waals surface area contributed by atoms with Crippen LogP contribution >= 0.6 is 0 Å². The molecule has 0 N–H and O–H groups in total. The van der Waals surface area contributed by atoms with Gasteiger partial charge in [-0.2, -0.15) is 0 Å². The molecule has 23 rings (SSSR count). The molecule has 0 saturated carbocycles. The van der Waals surface area contributed by atoms with E-state index in [4.69, 9.17) is 29.9 Å². The normalized spacial score (nSPS) is 11.6. The molecule has 0 radical (unpaired) electrons. The maximum Gasteiger partial charge on any atom is 0.160 e. The Kier molecular flexibility index (Phi) is 16.4. The topological polar surface area (TPSA) is 87.2 Å². The first-order chi connectivity index (χ1) is 57.5. The summed E-state index contributed by atoms with van der Waals surface area (Å²) < 4.78 is 4.77. The number of hydrogen-bond donors (Lipinski definition) is 0. The summed E-state index contributed by atoms with van der Waals surface area (Å²) in [6.07, 6.45) is 0. The first kappa shape index (κ1) is 67.3. The van der Waals surface area contributed by atoms with Crippen molar-refractivity contribution >= 4 is 109 Å². The van der Waals surface area contributed by atoms with Crippen LogP contribution in [0.25, 0.3) is 221 Å². The molecular weight excluding hydrogens is 1410 g/mol. The van der Waals surface area contributed by atoms with Crippen LogP contribution < -0.4 is 0 Å². The monoisotopic (exact) mass is 1480 g/mol. The van der Waals surface area contributed by atoms with E-state index in [1.165, 1.54) is 65.0 Å². The number of aromatic nitrogens is 8. The molecule has 0 atom stereocenters. The Hall–Kier alpha value is -15.6. The highest BCUT2D eigenvalue weighted by Gasteiger charge is 2.24. The summed E-state index contributed by atoms with van der Waals surface area (Å²) in [5.74, 6) is 1.37. The van der Waals surface area contributed by atoms with E-state index >= 15 is 0 Å². The van der Waals surface area contributed by atoms with Crippen molar-refractivity contribution in [2.45, 2.75) is 0 Å². The number of pyridine rings is 2. The summed E-state index contributed by atoms with van der Waals surface area (Å²) in [6.45, 7) is 0. The van der Waals surface area contributed by atoms with E-state index in [-0.39, 0.29) is 0 Å². The Morgan fingerprint density at radius 3 is 1.02 bits per heavy atom. The Labute approximate surface area is 668 Å². The maximum atomic E-state index is 5.36. The van der Waals surface area contributed by atoms with Crippen molar-refractivity contribution in [3.8, 4) is 113 Å². The molecule has 8 nitrogen and oxygen atoms in total. The van der Waals surface area contributed by atoms with Crippen LogP contribution in [0.15, 0.2) is 413 Å². The van der Waals surface area contributed by atoms with Gasteiger partial charge in [0.05, 0.1) is 67.3 Å². The van der Waals surface area contributed by atoms with Crippen molar-refractivity contribution in [3.05, 3.63) is 413 Å². The van der Waals surface area contributed by atoms with Crippen LogP contribution in [0.4, 0.5) is 0 Å². The second-order valence-electron chi connectivity index (χ2n) is 29.6. The van der Waals surface area contributed by atoms with Crippen LogP contribution in [0.3, 0.4) is 0 Å².